The molecule has 4 heterocycles. The fourth-order valence-corrected chi connectivity index (χ4v) is 6.91. The van der Waals surface area contributed by atoms with Crippen LogP contribution in [0.1, 0.15) is 46.2 Å². The smallest absolute Gasteiger partial charge is 0.320 e. The van der Waals surface area contributed by atoms with Crippen molar-refractivity contribution in [3.8, 4) is 34.6 Å². The predicted octanol–water partition coefficient (Wildman–Crippen LogP) is 6.13. The van der Waals surface area contributed by atoms with Crippen molar-refractivity contribution < 1.29 is 33.6 Å². The summed E-state index contributed by atoms with van der Waals surface area (Å²) >= 11 is 3.59. The molecule has 50 heavy (non-hydrogen) atoms. The Balaban J connectivity index is 1.13. The lowest BCUT2D eigenvalue weighted by Gasteiger charge is -2.38. The molecule has 2 aromatic carbocycles. The van der Waals surface area contributed by atoms with Crippen LogP contribution >= 0.6 is 15.9 Å². The summed E-state index contributed by atoms with van der Waals surface area (Å²) in [5, 5.41) is 9.42. The van der Waals surface area contributed by atoms with Gasteiger partial charge in [0.15, 0.2) is 0 Å². The monoisotopic (exact) mass is 744 g/mol. The molecule has 0 aliphatic carbocycles. The number of carboxylic acids is 1. The number of hydrogen-bond acceptors (Lipinski definition) is 10. The first kappa shape index (κ1) is 35.3. The normalized spacial score (nSPS) is 17.4. The van der Waals surface area contributed by atoms with Gasteiger partial charge in [0, 0.05) is 43.4 Å². The van der Waals surface area contributed by atoms with Gasteiger partial charge in [0.2, 0.25) is 23.5 Å². The van der Waals surface area contributed by atoms with Crippen molar-refractivity contribution in [2.45, 2.75) is 65.1 Å². The second kappa shape index (κ2) is 15.6. The molecule has 0 spiro atoms. The Hall–Kier alpha value is -4.52. The molecule has 0 radical (unpaired) electrons. The number of pyridine rings is 2. The minimum Gasteiger partial charge on any atom is -0.481 e. The average molecular weight is 746 g/mol. The lowest BCUT2D eigenvalue weighted by molar-refractivity contribution is -0.148. The lowest BCUT2D eigenvalue weighted by atomic mass is 9.92. The minimum atomic E-state index is -0.816. The highest BCUT2D eigenvalue weighted by Gasteiger charge is 2.34. The number of carboxylic acid groups (broad SMARTS) is 1. The highest BCUT2D eigenvalue weighted by molar-refractivity contribution is 9.10. The van der Waals surface area contributed by atoms with E-state index in [1.54, 1.807) is 14.2 Å². The molecule has 2 fully saturated rings. The summed E-state index contributed by atoms with van der Waals surface area (Å²) in [5.41, 5.74) is 8.14. The van der Waals surface area contributed by atoms with E-state index in [0.717, 1.165) is 63.8 Å². The highest BCUT2D eigenvalue weighted by atomic mass is 79.9. The number of aldehydes is 1. The van der Waals surface area contributed by atoms with Crippen LogP contribution in [0.15, 0.2) is 59.1 Å². The zero-order valence-corrected chi connectivity index (χ0v) is 30.2. The van der Waals surface area contributed by atoms with Gasteiger partial charge in [-0.3, -0.25) is 14.6 Å². The van der Waals surface area contributed by atoms with Gasteiger partial charge >= 0.3 is 5.97 Å². The van der Waals surface area contributed by atoms with Crippen LogP contribution in [0.25, 0.3) is 11.1 Å². The Kier molecular flexibility index (Phi) is 11.0. The van der Waals surface area contributed by atoms with Crippen LogP contribution in [-0.2, 0) is 35.9 Å². The number of carbonyl (C=O) groups excluding carboxylic acids is 1. The Morgan fingerprint density at radius 2 is 1.44 bits per heavy atom. The number of carbonyl (C=O) groups is 2. The number of rotatable bonds is 15. The van der Waals surface area contributed by atoms with Crippen molar-refractivity contribution in [3.63, 3.8) is 0 Å². The van der Waals surface area contributed by atoms with Crippen LogP contribution in [0.3, 0.4) is 0 Å². The number of benzene rings is 2. The van der Waals surface area contributed by atoms with Crippen molar-refractivity contribution in [2.75, 3.05) is 27.3 Å². The molecule has 0 saturated carbocycles. The minimum absolute atomic E-state index is 0.0405. The molecular weight excluding hydrogens is 704 g/mol. The van der Waals surface area contributed by atoms with Gasteiger partial charge in [-0.2, -0.15) is 9.97 Å². The number of aromatic nitrogens is 2. The third-order valence-electron chi connectivity index (χ3n) is 9.71. The molecule has 0 amide bonds. The molecule has 2 aliphatic rings. The predicted molar refractivity (Wildman–Crippen MR) is 191 cm³/mol. The second-order valence-electron chi connectivity index (χ2n) is 12.6. The van der Waals surface area contributed by atoms with Crippen LogP contribution in [0.2, 0.25) is 0 Å². The number of halogens is 1. The summed E-state index contributed by atoms with van der Waals surface area (Å²) < 4.78 is 24.1. The Bertz CT molecular complexity index is 1890. The first-order valence-corrected chi connectivity index (χ1v) is 17.4. The molecule has 12 heteroatoms. The third-order valence-corrected chi connectivity index (χ3v) is 10.3. The Morgan fingerprint density at radius 1 is 0.820 bits per heavy atom. The number of hydrogen-bond donors (Lipinski definition) is 1. The molecule has 1 N–H and O–H groups in total. The Labute approximate surface area is 300 Å². The van der Waals surface area contributed by atoms with E-state index in [1.807, 2.05) is 41.3 Å². The molecule has 2 saturated heterocycles. The van der Waals surface area contributed by atoms with E-state index in [0.29, 0.717) is 67.3 Å². The molecule has 262 valence electrons. The van der Waals surface area contributed by atoms with E-state index >= 15 is 0 Å². The number of nitrogens with zero attached hydrogens (tertiary/aromatic N) is 4. The number of likely N-dealkylation sites (tertiary alicyclic amines) is 2. The summed E-state index contributed by atoms with van der Waals surface area (Å²) in [6.07, 6.45) is 2.51. The summed E-state index contributed by atoms with van der Waals surface area (Å²) in [4.78, 5) is 35.9. The van der Waals surface area contributed by atoms with E-state index < -0.39 is 12.0 Å². The van der Waals surface area contributed by atoms with Crippen LogP contribution in [-0.4, -0.2) is 76.5 Å². The first-order valence-electron chi connectivity index (χ1n) is 16.6. The van der Waals surface area contributed by atoms with Gasteiger partial charge < -0.3 is 28.8 Å². The second-order valence-corrected chi connectivity index (χ2v) is 13.4. The van der Waals surface area contributed by atoms with Crippen molar-refractivity contribution >= 4 is 28.2 Å². The number of ether oxygens (including phenoxy) is 4. The van der Waals surface area contributed by atoms with Crippen molar-refractivity contribution in [1.29, 1.82) is 0 Å². The van der Waals surface area contributed by atoms with E-state index in [1.165, 1.54) is 0 Å². The van der Waals surface area contributed by atoms with E-state index in [9.17, 15) is 14.7 Å². The van der Waals surface area contributed by atoms with Crippen LogP contribution in [0, 0.1) is 13.8 Å². The quantitative estimate of drug-likeness (QED) is 0.142. The maximum atomic E-state index is 11.5. The third kappa shape index (κ3) is 7.47. The summed E-state index contributed by atoms with van der Waals surface area (Å²) in [6.45, 7) is 7.44. The first-order chi connectivity index (χ1) is 24.2. The summed E-state index contributed by atoms with van der Waals surface area (Å²) in [5.74, 6) is 0.951. The molecule has 4 aromatic rings. The molecule has 0 unspecified atom stereocenters. The molecule has 2 aliphatic heterocycles. The van der Waals surface area contributed by atoms with Gasteiger partial charge in [0.25, 0.3) is 0 Å². The standard InChI is InChI=1S/C38H41BrN4O7/c1-23-26(21-49-34-12-11-25(35(40-34)47-3)18-42-15-13-29(42)20-44)7-5-9-30(23)31-10-6-8-27(24(31)2)22-50-37-32(39)17-28(36(41-37)48-4)19-43-16-14-33(43)38(45)46/h5-12,17,20,29,33H,13-16,18-19,21-22H2,1-4H3,(H,45,46)/t29-,33-/m0/s1. The van der Waals surface area contributed by atoms with Crippen LogP contribution in [0.5, 0.6) is 23.5 Å². The van der Waals surface area contributed by atoms with Crippen LogP contribution < -0.4 is 18.9 Å². The summed E-state index contributed by atoms with van der Waals surface area (Å²) in [6, 6.07) is 17.5. The fraction of sp³-hybridized carbons (Fsp3) is 0.368. The molecule has 11 nitrogen and oxygen atoms in total. The van der Waals surface area contributed by atoms with E-state index in [-0.39, 0.29) is 6.04 Å². The topological polar surface area (TPSA) is 124 Å². The maximum absolute atomic E-state index is 11.5. The molecule has 2 aromatic heterocycles. The SMILES string of the molecule is COc1nc(OCc2cccc(-c3cccc(COc4nc(OC)c(CN5CC[C@H]5C(=O)O)cc4Br)c3C)c2C)ccc1CN1CC[C@H]1C=O. The van der Waals surface area contributed by atoms with Gasteiger partial charge in [0.1, 0.15) is 25.5 Å². The van der Waals surface area contributed by atoms with Gasteiger partial charge in [0.05, 0.1) is 24.7 Å². The van der Waals surface area contributed by atoms with Crippen LogP contribution in [0.4, 0.5) is 0 Å². The van der Waals surface area contributed by atoms with E-state index in [4.69, 9.17) is 18.9 Å². The Morgan fingerprint density at radius 3 is 2.00 bits per heavy atom. The molecule has 6 rings (SSSR count). The average Bonchev–Trinajstić information content (AvgIpc) is 3.08. The number of methoxy groups -OCH3 is 2. The van der Waals surface area contributed by atoms with Gasteiger partial charge in [-0.15, -0.1) is 0 Å². The van der Waals surface area contributed by atoms with Gasteiger partial charge in [-0.1, -0.05) is 36.4 Å². The van der Waals surface area contributed by atoms with E-state index in [2.05, 4.69) is 62.8 Å². The fourth-order valence-electron chi connectivity index (χ4n) is 6.43. The largest absolute Gasteiger partial charge is 0.481 e. The van der Waals surface area contributed by atoms with Crippen molar-refractivity contribution in [3.05, 3.63) is 92.5 Å². The van der Waals surface area contributed by atoms with Gasteiger partial charge in [-0.25, -0.2) is 0 Å². The van der Waals surface area contributed by atoms with Crippen molar-refractivity contribution in [2.24, 2.45) is 0 Å². The highest BCUT2D eigenvalue weighted by Crippen LogP contribution is 2.35. The molecular formula is C38H41BrN4O7. The van der Waals surface area contributed by atoms with Crippen molar-refractivity contribution in [1.82, 2.24) is 19.8 Å². The number of aliphatic carboxylic acids is 1. The lowest BCUT2D eigenvalue weighted by Crippen LogP contribution is -2.51. The molecule has 0 bridgehead atoms. The maximum Gasteiger partial charge on any atom is 0.320 e. The molecule has 2 atom stereocenters. The zero-order valence-electron chi connectivity index (χ0n) is 28.6. The summed E-state index contributed by atoms with van der Waals surface area (Å²) in [7, 11) is 3.14. The van der Waals surface area contributed by atoms with Gasteiger partial charge in [-0.05, 0) is 88.1 Å². The zero-order chi connectivity index (χ0) is 35.4.